The first-order chi connectivity index (χ1) is 29.0. The van der Waals surface area contributed by atoms with E-state index in [2.05, 4.69) is 207 Å². The van der Waals surface area contributed by atoms with Crippen molar-refractivity contribution in [2.45, 2.75) is 24.7 Å². The van der Waals surface area contributed by atoms with Crippen LogP contribution in [0.5, 0.6) is 11.5 Å². The standard InChI is InChI=1S/C56H37NOS/c1-55(2)43-19-7-5-16-38(43)39-29-27-36(33-48(39)55)57(49-22-13-18-41-40-17-6-12-25-52(40)59-54(41)49)35-28-31-44-42(32-35)53-37-15-4-3-14-34(37)26-30-47(53)56(44)45-20-8-10-23-50(45)58-51-24-11-9-21-46(51)56/h3-33H,1-2H3. The lowest BCUT2D eigenvalue weighted by atomic mass is 9.66. The molecule has 278 valence electrons. The van der Waals surface area contributed by atoms with E-state index in [1.165, 1.54) is 92.3 Å². The highest BCUT2D eigenvalue weighted by Gasteiger charge is 2.51. The van der Waals surface area contributed by atoms with Gasteiger partial charge in [-0.15, -0.1) is 11.3 Å². The lowest BCUT2D eigenvalue weighted by Crippen LogP contribution is -2.32. The number of fused-ring (bicyclic) bond motifs is 17. The summed E-state index contributed by atoms with van der Waals surface area (Å²) in [5, 5.41) is 5.08. The highest BCUT2D eigenvalue weighted by Crippen LogP contribution is 2.64. The molecule has 0 radical (unpaired) electrons. The summed E-state index contributed by atoms with van der Waals surface area (Å²) in [4.78, 5) is 2.53. The van der Waals surface area contributed by atoms with Gasteiger partial charge in [-0.2, -0.15) is 0 Å². The van der Waals surface area contributed by atoms with Crippen LogP contribution in [-0.2, 0) is 10.8 Å². The smallest absolute Gasteiger partial charge is 0.132 e. The number of ether oxygens (including phenoxy) is 1. The second-order valence-corrected chi connectivity index (χ2v) is 17.8. The van der Waals surface area contributed by atoms with Crippen molar-refractivity contribution in [2.24, 2.45) is 0 Å². The van der Waals surface area contributed by atoms with Crippen molar-refractivity contribution in [3.05, 3.63) is 221 Å². The third-order valence-electron chi connectivity index (χ3n) is 13.5. The monoisotopic (exact) mass is 771 g/mol. The summed E-state index contributed by atoms with van der Waals surface area (Å²) in [7, 11) is 0. The van der Waals surface area contributed by atoms with Crippen LogP contribution in [0.4, 0.5) is 17.1 Å². The van der Waals surface area contributed by atoms with Crippen LogP contribution < -0.4 is 9.64 Å². The zero-order valence-electron chi connectivity index (χ0n) is 32.7. The van der Waals surface area contributed by atoms with Gasteiger partial charge in [0.2, 0.25) is 0 Å². The molecule has 13 rings (SSSR count). The molecule has 59 heavy (non-hydrogen) atoms. The number of rotatable bonds is 3. The summed E-state index contributed by atoms with van der Waals surface area (Å²) in [6, 6.07) is 69.9. The van der Waals surface area contributed by atoms with Crippen molar-refractivity contribution >= 4 is 59.3 Å². The van der Waals surface area contributed by atoms with Crippen molar-refractivity contribution in [1.29, 1.82) is 0 Å². The van der Waals surface area contributed by atoms with Gasteiger partial charge >= 0.3 is 0 Å². The molecule has 0 unspecified atom stereocenters. The number of benzene rings is 9. The van der Waals surface area contributed by atoms with Crippen molar-refractivity contribution in [3.8, 4) is 33.8 Å². The molecule has 2 nitrogen and oxygen atoms in total. The van der Waals surface area contributed by atoms with Crippen LogP contribution in [0, 0.1) is 0 Å². The van der Waals surface area contributed by atoms with E-state index >= 15 is 0 Å². The van der Waals surface area contributed by atoms with Crippen molar-refractivity contribution < 1.29 is 4.74 Å². The fraction of sp³-hybridized carbons (Fsp3) is 0.0714. The molecule has 0 N–H and O–H groups in total. The maximum atomic E-state index is 6.69. The van der Waals surface area contributed by atoms with Crippen LogP contribution >= 0.6 is 11.3 Å². The largest absolute Gasteiger partial charge is 0.457 e. The second-order valence-electron chi connectivity index (χ2n) is 16.8. The molecule has 2 aliphatic carbocycles. The Morgan fingerprint density at radius 3 is 1.90 bits per heavy atom. The van der Waals surface area contributed by atoms with Crippen molar-refractivity contribution in [1.82, 2.24) is 0 Å². The summed E-state index contributed by atoms with van der Waals surface area (Å²) >= 11 is 1.88. The number of para-hydroxylation sites is 2. The third kappa shape index (κ3) is 4.30. The second kappa shape index (κ2) is 11.8. The molecule has 1 aromatic heterocycles. The molecular weight excluding hydrogens is 735 g/mol. The van der Waals surface area contributed by atoms with Crippen molar-refractivity contribution in [3.63, 3.8) is 0 Å². The maximum Gasteiger partial charge on any atom is 0.132 e. The molecule has 2 heterocycles. The zero-order valence-corrected chi connectivity index (χ0v) is 33.5. The quantitative estimate of drug-likeness (QED) is 0.177. The van der Waals surface area contributed by atoms with E-state index in [0.29, 0.717) is 0 Å². The summed E-state index contributed by atoms with van der Waals surface area (Å²) < 4.78 is 9.28. The Balaban J connectivity index is 1.12. The van der Waals surface area contributed by atoms with Crippen LogP contribution in [0.3, 0.4) is 0 Å². The van der Waals surface area contributed by atoms with Gasteiger partial charge in [-0.1, -0.05) is 153 Å². The predicted molar refractivity (Wildman–Crippen MR) is 246 cm³/mol. The fourth-order valence-electron chi connectivity index (χ4n) is 11.0. The summed E-state index contributed by atoms with van der Waals surface area (Å²) in [5.41, 5.74) is 15.6. The Morgan fingerprint density at radius 2 is 1.07 bits per heavy atom. The van der Waals surface area contributed by atoms with Crippen LogP contribution in [0.25, 0.3) is 53.2 Å². The average Bonchev–Trinajstić information content (AvgIpc) is 3.88. The normalized spacial score (nSPS) is 14.7. The Bertz CT molecular complexity index is 3380. The highest BCUT2D eigenvalue weighted by molar-refractivity contribution is 7.26. The van der Waals surface area contributed by atoms with Gasteiger partial charge in [0.15, 0.2) is 0 Å². The first-order valence-electron chi connectivity index (χ1n) is 20.5. The average molecular weight is 772 g/mol. The van der Waals surface area contributed by atoms with Gasteiger partial charge in [-0.05, 0) is 104 Å². The number of thiophene rings is 1. The van der Waals surface area contributed by atoms with E-state index in [1.54, 1.807) is 0 Å². The Hall–Kier alpha value is -6.94. The molecule has 0 fully saturated rings. The van der Waals surface area contributed by atoms with E-state index in [9.17, 15) is 0 Å². The Labute approximate surface area is 347 Å². The van der Waals surface area contributed by atoms with Gasteiger partial charge in [-0.25, -0.2) is 0 Å². The fourth-order valence-corrected chi connectivity index (χ4v) is 12.2. The van der Waals surface area contributed by atoms with Crippen molar-refractivity contribution in [2.75, 3.05) is 4.90 Å². The molecule has 0 atom stereocenters. The summed E-state index contributed by atoms with van der Waals surface area (Å²) in [5.74, 6) is 1.81. The van der Waals surface area contributed by atoms with Crippen LogP contribution in [0.15, 0.2) is 188 Å². The molecule has 1 spiro atoms. The topological polar surface area (TPSA) is 12.5 Å². The maximum absolute atomic E-state index is 6.69. The van der Waals surface area contributed by atoms with Gasteiger partial charge < -0.3 is 9.64 Å². The molecule has 0 amide bonds. The molecule has 3 heteroatoms. The molecule has 9 aromatic carbocycles. The number of nitrogens with zero attached hydrogens (tertiary/aromatic N) is 1. The lowest BCUT2D eigenvalue weighted by molar-refractivity contribution is 0.436. The molecule has 0 saturated carbocycles. The van der Waals surface area contributed by atoms with Gasteiger partial charge in [0.1, 0.15) is 11.5 Å². The van der Waals surface area contributed by atoms with Gasteiger partial charge in [0, 0.05) is 43.4 Å². The van der Waals surface area contributed by atoms with Gasteiger partial charge in [0.25, 0.3) is 0 Å². The van der Waals surface area contributed by atoms with E-state index < -0.39 is 5.41 Å². The van der Waals surface area contributed by atoms with E-state index in [0.717, 1.165) is 22.9 Å². The summed E-state index contributed by atoms with van der Waals surface area (Å²) in [6.07, 6.45) is 0. The zero-order chi connectivity index (χ0) is 39.0. The number of hydrogen-bond acceptors (Lipinski definition) is 3. The van der Waals surface area contributed by atoms with E-state index in [-0.39, 0.29) is 5.41 Å². The van der Waals surface area contributed by atoms with Gasteiger partial charge in [0.05, 0.1) is 15.8 Å². The van der Waals surface area contributed by atoms with Gasteiger partial charge in [-0.3, -0.25) is 0 Å². The minimum Gasteiger partial charge on any atom is -0.457 e. The molecular formula is C56H37NOS. The highest BCUT2D eigenvalue weighted by atomic mass is 32.1. The first-order valence-corrected chi connectivity index (χ1v) is 21.3. The predicted octanol–water partition coefficient (Wildman–Crippen LogP) is 15.5. The molecule has 0 bridgehead atoms. The Morgan fingerprint density at radius 1 is 0.441 bits per heavy atom. The van der Waals surface area contributed by atoms with Crippen LogP contribution in [-0.4, -0.2) is 0 Å². The van der Waals surface area contributed by atoms with E-state index in [4.69, 9.17) is 4.74 Å². The SMILES string of the molecule is CC1(C)c2ccccc2-c2ccc(N(c3ccc4c(c3)-c3c(ccc5ccccc35)C43c4ccccc4Oc4ccccc43)c3cccc4c3sc3ccccc34)cc21. The first kappa shape index (κ1) is 33.1. The third-order valence-corrected chi connectivity index (χ3v) is 14.7. The lowest BCUT2D eigenvalue weighted by Gasteiger charge is -2.39. The molecule has 10 aromatic rings. The summed E-state index contributed by atoms with van der Waals surface area (Å²) in [6.45, 7) is 4.75. The Kier molecular flexibility index (Phi) is 6.62. The number of anilines is 3. The molecule has 3 aliphatic rings. The number of hydrogen-bond donors (Lipinski definition) is 0. The molecule has 1 aliphatic heterocycles. The minimum absolute atomic E-state index is 0.136. The van der Waals surface area contributed by atoms with Crippen LogP contribution in [0.2, 0.25) is 0 Å². The van der Waals surface area contributed by atoms with Crippen LogP contribution in [0.1, 0.15) is 47.2 Å². The minimum atomic E-state index is -0.557. The molecule has 0 saturated heterocycles. The van der Waals surface area contributed by atoms with E-state index in [1.807, 2.05) is 11.3 Å².